The van der Waals surface area contributed by atoms with Gasteiger partial charge in [-0.25, -0.2) is 4.98 Å². The smallest absolute Gasteiger partial charge is 0.303 e. The molecule has 0 spiro atoms. The van der Waals surface area contributed by atoms with Gasteiger partial charge in [0.15, 0.2) is 0 Å². The summed E-state index contributed by atoms with van der Waals surface area (Å²) in [6.07, 6.45) is 6.15. The predicted octanol–water partition coefficient (Wildman–Crippen LogP) is 3.78. The normalized spacial score (nSPS) is 16.4. The molecule has 2 unspecified atom stereocenters. The minimum atomic E-state index is -3.28. The van der Waals surface area contributed by atoms with E-state index in [9.17, 15) is 17.8 Å². The lowest BCUT2D eigenvalue weighted by Gasteiger charge is -2.17. The van der Waals surface area contributed by atoms with Crippen molar-refractivity contribution in [3.63, 3.8) is 0 Å². The Hall–Kier alpha value is -2.68. The van der Waals surface area contributed by atoms with Gasteiger partial charge in [0, 0.05) is 35.6 Å². The van der Waals surface area contributed by atoms with Gasteiger partial charge in [-0.1, -0.05) is 24.3 Å². The Morgan fingerprint density at radius 1 is 1.34 bits per heavy atom. The first-order chi connectivity index (χ1) is 13.7. The second-order valence-corrected chi connectivity index (χ2v) is 8.15. The van der Waals surface area contributed by atoms with Gasteiger partial charge < -0.3 is 10.1 Å². The number of para-hydroxylation sites is 1. The molecular formula is C20H21F2N3O3S. The molecule has 1 aromatic heterocycles. The van der Waals surface area contributed by atoms with E-state index < -0.39 is 28.5 Å². The Morgan fingerprint density at radius 3 is 2.62 bits per heavy atom. The number of amides is 1. The topological polar surface area (TPSA) is 81.2 Å². The van der Waals surface area contributed by atoms with Crippen LogP contribution in [0, 0.1) is 5.92 Å². The SMILES string of the molecule is CS(=O)/C=C/C(NC(=O)c1cnc(C(C)(F)F)nc1Oc1ccccc1)C1CC1. The van der Waals surface area contributed by atoms with Crippen LogP contribution in [0.1, 0.15) is 35.9 Å². The summed E-state index contributed by atoms with van der Waals surface area (Å²) in [4.78, 5) is 20.3. The van der Waals surface area contributed by atoms with Crippen molar-refractivity contribution in [1.29, 1.82) is 0 Å². The van der Waals surface area contributed by atoms with Crippen molar-refractivity contribution in [3.05, 3.63) is 59.4 Å². The van der Waals surface area contributed by atoms with Crippen LogP contribution in [0.5, 0.6) is 11.6 Å². The maximum absolute atomic E-state index is 13.7. The molecule has 1 aromatic carbocycles. The van der Waals surface area contributed by atoms with Gasteiger partial charge >= 0.3 is 5.92 Å². The molecule has 3 rings (SSSR count). The van der Waals surface area contributed by atoms with Crippen LogP contribution in [0.2, 0.25) is 0 Å². The molecule has 154 valence electrons. The molecule has 0 aliphatic heterocycles. The maximum Gasteiger partial charge on any atom is 0.303 e. The van der Waals surface area contributed by atoms with Crippen LogP contribution < -0.4 is 10.1 Å². The molecule has 0 saturated heterocycles. The molecule has 1 heterocycles. The number of aromatic nitrogens is 2. The minimum Gasteiger partial charge on any atom is -0.438 e. The highest BCUT2D eigenvalue weighted by molar-refractivity contribution is 7.87. The van der Waals surface area contributed by atoms with Crippen molar-refractivity contribution in [3.8, 4) is 11.6 Å². The first-order valence-corrected chi connectivity index (χ1v) is 10.7. The molecule has 0 radical (unpaired) electrons. The van der Waals surface area contributed by atoms with E-state index in [-0.39, 0.29) is 23.4 Å². The zero-order valence-electron chi connectivity index (χ0n) is 16.0. The Labute approximate surface area is 169 Å². The van der Waals surface area contributed by atoms with E-state index in [4.69, 9.17) is 4.74 Å². The van der Waals surface area contributed by atoms with E-state index in [1.54, 1.807) is 36.4 Å². The van der Waals surface area contributed by atoms with Crippen molar-refractivity contribution in [2.45, 2.75) is 31.7 Å². The van der Waals surface area contributed by atoms with E-state index in [0.717, 1.165) is 19.0 Å². The highest BCUT2D eigenvalue weighted by Crippen LogP contribution is 2.34. The number of halogens is 2. The summed E-state index contributed by atoms with van der Waals surface area (Å²) >= 11 is 0. The number of alkyl halides is 2. The molecule has 2 aromatic rings. The fourth-order valence-electron chi connectivity index (χ4n) is 2.61. The molecule has 1 amide bonds. The Balaban J connectivity index is 1.89. The molecule has 1 fully saturated rings. The molecule has 2 atom stereocenters. The predicted molar refractivity (Wildman–Crippen MR) is 105 cm³/mol. The number of benzene rings is 1. The average molecular weight is 421 g/mol. The second kappa shape index (κ2) is 8.77. The molecule has 1 N–H and O–H groups in total. The molecule has 0 bridgehead atoms. The van der Waals surface area contributed by atoms with Gasteiger partial charge in [0.2, 0.25) is 11.7 Å². The van der Waals surface area contributed by atoms with E-state index >= 15 is 0 Å². The molecular weight excluding hydrogens is 400 g/mol. The number of nitrogens with one attached hydrogen (secondary N) is 1. The van der Waals surface area contributed by atoms with Crippen molar-refractivity contribution in [2.24, 2.45) is 5.92 Å². The number of hydrogen-bond donors (Lipinski definition) is 1. The van der Waals surface area contributed by atoms with Gasteiger partial charge in [0.25, 0.3) is 5.91 Å². The molecule has 1 saturated carbocycles. The highest BCUT2D eigenvalue weighted by atomic mass is 32.2. The first-order valence-electron chi connectivity index (χ1n) is 9.03. The second-order valence-electron chi connectivity index (χ2n) is 6.88. The standard InChI is InChI=1S/C20H21F2N3O3S/c1-20(21,22)19-23-12-15(18(25-19)28-14-6-4-3-5-7-14)17(26)24-16(13-8-9-13)10-11-29(2)27/h3-7,10-13,16H,8-9H2,1-2H3,(H,24,26)/b11-10+. The summed E-state index contributed by atoms with van der Waals surface area (Å²) in [7, 11) is -1.14. The summed E-state index contributed by atoms with van der Waals surface area (Å²) in [5.74, 6) is -4.22. The summed E-state index contributed by atoms with van der Waals surface area (Å²) in [6.45, 7) is 0.674. The Morgan fingerprint density at radius 2 is 2.03 bits per heavy atom. The van der Waals surface area contributed by atoms with Gasteiger partial charge in [-0.3, -0.25) is 9.00 Å². The van der Waals surface area contributed by atoms with Crippen LogP contribution in [-0.4, -0.2) is 32.4 Å². The van der Waals surface area contributed by atoms with Gasteiger partial charge in [-0.2, -0.15) is 13.8 Å². The van der Waals surface area contributed by atoms with Crippen molar-refractivity contribution in [2.75, 3.05) is 6.26 Å². The lowest BCUT2D eigenvalue weighted by Crippen LogP contribution is -2.35. The maximum atomic E-state index is 13.7. The van der Waals surface area contributed by atoms with Gasteiger partial charge in [-0.15, -0.1) is 0 Å². The average Bonchev–Trinajstić information content (AvgIpc) is 3.50. The van der Waals surface area contributed by atoms with Crippen molar-refractivity contribution < 1.29 is 22.5 Å². The lowest BCUT2D eigenvalue weighted by molar-refractivity contribution is 0.00707. The fourth-order valence-corrected chi connectivity index (χ4v) is 3.00. The monoisotopic (exact) mass is 421 g/mol. The van der Waals surface area contributed by atoms with Crippen LogP contribution in [0.25, 0.3) is 0 Å². The summed E-state index contributed by atoms with van der Waals surface area (Å²) in [5.41, 5.74) is -0.0569. The van der Waals surface area contributed by atoms with Crippen LogP contribution in [0.4, 0.5) is 8.78 Å². The lowest BCUT2D eigenvalue weighted by atomic mass is 10.1. The van der Waals surface area contributed by atoms with Gasteiger partial charge in [0.1, 0.15) is 11.3 Å². The van der Waals surface area contributed by atoms with E-state index in [1.807, 2.05) is 0 Å². The third kappa shape index (κ3) is 5.90. The van der Waals surface area contributed by atoms with Gasteiger partial charge in [-0.05, 0) is 30.9 Å². The number of nitrogens with zero attached hydrogens (tertiary/aromatic N) is 2. The summed E-state index contributed by atoms with van der Waals surface area (Å²) in [5, 5.41) is 4.34. The molecule has 1 aliphatic rings. The summed E-state index contributed by atoms with van der Waals surface area (Å²) < 4.78 is 44.3. The number of rotatable bonds is 8. The number of carbonyl (C=O) groups is 1. The van der Waals surface area contributed by atoms with Crippen LogP contribution in [0.15, 0.2) is 48.0 Å². The van der Waals surface area contributed by atoms with Crippen LogP contribution in [-0.2, 0) is 16.7 Å². The third-order valence-corrected chi connectivity index (χ3v) is 4.79. The summed E-state index contributed by atoms with van der Waals surface area (Å²) in [6, 6.07) is 8.13. The van der Waals surface area contributed by atoms with Crippen molar-refractivity contribution >= 4 is 16.7 Å². The zero-order valence-corrected chi connectivity index (χ0v) is 16.8. The Bertz CT molecular complexity index is 928. The number of hydrogen-bond acceptors (Lipinski definition) is 5. The zero-order chi connectivity index (χ0) is 21.0. The number of ether oxygens (including phenoxy) is 1. The van der Waals surface area contributed by atoms with E-state index in [1.165, 1.54) is 11.7 Å². The van der Waals surface area contributed by atoms with E-state index in [2.05, 4.69) is 15.3 Å². The molecule has 1 aliphatic carbocycles. The largest absolute Gasteiger partial charge is 0.438 e. The number of carbonyl (C=O) groups excluding carboxylic acids is 1. The molecule has 9 heteroatoms. The Kier molecular flexibility index (Phi) is 6.36. The highest BCUT2D eigenvalue weighted by Gasteiger charge is 2.33. The molecule has 6 nitrogen and oxygen atoms in total. The third-order valence-electron chi connectivity index (χ3n) is 4.25. The fraction of sp³-hybridized carbons (Fsp3) is 0.350. The molecule has 29 heavy (non-hydrogen) atoms. The minimum absolute atomic E-state index is 0.0569. The quantitative estimate of drug-likeness (QED) is 0.702. The van der Waals surface area contributed by atoms with Crippen molar-refractivity contribution in [1.82, 2.24) is 15.3 Å². The van der Waals surface area contributed by atoms with Crippen LogP contribution >= 0.6 is 0 Å². The van der Waals surface area contributed by atoms with Gasteiger partial charge in [0.05, 0.1) is 6.04 Å². The first kappa shape index (κ1) is 21.0. The van der Waals surface area contributed by atoms with E-state index in [0.29, 0.717) is 12.7 Å². The van der Waals surface area contributed by atoms with Crippen LogP contribution in [0.3, 0.4) is 0 Å².